The lowest BCUT2D eigenvalue weighted by atomic mass is 9.95. The lowest BCUT2D eigenvalue weighted by Gasteiger charge is -2.19. The third-order valence-electron chi connectivity index (χ3n) is 3.67. The Morgan fingerprint density at radius 3 is 2.33 bits per heavy atom. The molecule has 0 aliphatic heterocycles. The first kappa shape index (κ1) is 15.4. The Morgan fingerprint density at radius 2 is 1.76 bits per heavy atom. The molecule has 1 N–H and O–H groups in total. The quantitative estimate of drug-likeness (QED) is 0.939. The van der Waals surface area contributed by atoms with Crippen molar-refractivity contribution in [3.05, 3.63) is 40.1 Å². The highest BCUT2D eigenvalue weighted by molar-refractivity contribution is 5.50. The number of ether oxygens (including phenoxy) is 2. The Labute approximate surface area is 125 Å². The summed E-state index contributed by atoms with van der Waals surface area (Å²) in [4.78, 5) is 0. The SMILES string of the molecule is COc1cc(C)cc(C)c1C(O)c1c(C)nn(C)c1OC. The fraction of sp³-hybridized carbons (Fsp3) is 0.438. The van der Waals surface area contributed by atoms with Gasteiger partial charge in [-0.2, -0.15) is 5.10 Å². The van der Waals surface area contributed by atoms with Crippen molar-refractivity contribution in [3.8, 4) is 11.6 Å². The van der Waals surface area contributed by atoms with Crippen molar-refractivity contribution >= 4 is 0 Å². The Kier molecular flexibility index (Phi) is 4.23. The molecule has 0 aliphatic carbocycles. The summed E-state index contributed by atoms with van der Waals surface area (Å²) in [5.74, 6) is 1.23. The third kappa shape index (κ3) is 2.61. The van der Waals surface area contributed by atoms with Crippen LogP contribution in [-0.2, 0) is 7.05 Å². The van der Waals surface area contributed by atoms with Crippen LogP contribution in [0, 0.1) is 20.8 Å². The van der Waals surface area contributed by atoms with Gasteiger partial charge in [-0.25, -0.2) is 4.68 Å². The Morgan fingerprint density at radius 1 is 1.10 bits per heavy atom. The summed E-state index contributed by atoms with van der Waals surface area (Å²) in [5.41, 5.74) is 4.23. The molecule has 0 fully saturated rings. The summed E-state index contributed by atoms with van der Waals surface area (Å²) in [7, 11) is 4.98. The van der Waals surface area contributed by atoms with Gasteiger partial charge in [-0.3, -0.25) is 0 Å². The number of hydrogen-bond acceptors (Lipinski definition) is 4. The maximum absolute atomic E-state index is 10.9. The molecule has 0 saturated heterocycles. The zero-order valence-electron chi connectivity index (χ0n) is 13.4. The standard InChI is InChI=1S/C16H22N2O3/c1-9-7-10(2)13(12(8-9)20-5)15(19)14-11(3)17-18(4)16(14)21-6/h7-8,15,19H,1-6H3. The van der Waals surface area contributed by atoms with E-state index in [4.69, 9.17) is 9.47 Å². The van der Waals surface area contributed by atoms with Crippen molar-refractivity contribution in [2.45, 2.75) is 26.9 Å². The summed E-state index contributed by atoms with van der Waals surface area (Å²) in [5, 5.41) is 15.2. The van der Waals surface area contributed by atoms with Gasteiger partial charge >= 0.3 is 0 Å². The number of rotatable bonds is 4. The molecule has 2 rings (SSSR count). The van der Waals surface area contributed by atoms with Crippen LogP contribution >= 0.6 is 0 Å². The smallest absolute Gasteiger partial charge is 0.217 e. The van der Waals surface area contributed by atoms with Crippen LogP contribution in [0.4, 0.5) is 0 Å². The maximum atomic E-state index is 10.9. The molecular weight excluding hydrogens is 268 g/mol. The molecule has 1 aromatic heterocycles. The summed E-state index contributed by atoms with van der Waals surface area (Å²) in [6.07, 6.45) is -0.843. The van der Waals surface area contributed by atoms with Gasteiger partial charge in [0, 0.05) is 12.6 Å². The number of benzene rings is 1. The zero-order chi connectivity index (χ0) is 15.7. The molecule has 0 bridgehead atoms. The number of methoxy groups -OCH3 is 2. The van der Waals surface area contributed by atoms with Crippen LogP contribution in [0.25, 0.3) is 0 Å². The van der Waals surface area contributed by atoms with Crippen LogP contribution < -0.4 is 9.47 Å². The fourth-order valence-electron chi connectivity index (χ4n) is 2.81. The van der Waals surface area contributed by atoms with Crippen LogP contribution in [0.2, 0.25) is 0 Å². The van der Waals surface area contributed by atoms with E-state index < -0.39 is 6.10 Å². The first-order valence-electron chi connectivity index (χ1n) is 6.81. The van der Waals surface area contributed by atoms with Gasteiger partial charge in [0.15, 0.2) is 0 Å². The van der Waals surface area contributed by atoms with Gasteiger partial charge in [0.2, 0.25) is 5.88 Å². The predicted molar refractivity (Wildman–Crippen MR) is 81.0 cm³/mol. The van der Waals surface area contributed by atoms with E-state index in [0.29, 0.717) is 17.2 Å². The normalized spacial score (nSPS) is 12.3. The minimum atomic E-state index is -0.843. The molecule has 0 saturated carbocycles. The van der Waals surface area contributed by atoms with Gasteiger partial charge in [-0.15, -0.1) is 0 Å². The molecule has 1 atom stereocenters. The van der Waals surface area contributed by atoms with Crippen molar-refractivity contribution in [2.24, 2.45) is 7.05 Å². The van der Waals surface area contributed by atoms with Crippen molar-refractivity contribution in [3.63, 3.8) is 0 Å². The molecule has 1 heterocycles. The largest absolute Gasteiger partial charge is 0.496 e. The number of aryl methyl sites for hydroxylation is 4. The minimum Gasteiger partial charge on any atom is -0.496 e. The van der Waals surface area contributed by atoms with E-state index in [1.54, 1.807) is 25.9 Å². The van der Waals surface area contributed by atoms with Gasteiger partial charge in [-0.1, -0.05) is 6.07 Å². The van der Waals surface area contributed by atoms with E-state index in [9.17, 15) is 5.11 Å². The molecule has 5 nitrogen and oxygen atoms in total. The van der Waals surface area contributed by atoms with Crippen LogP contribution in [0.5, 0.6) is 11.6 Å². The van der Waals surface area contributed by atoms with Crippen LogP contribution in [0.1, 0.15) is 34.1 Å². The van der Waals surface area contributed by atoms with E-state index in [1.165, 1.54) is 0 Å². The molecule has 0 amide bonds. The number of aliphatic hydroxyl groups is 1. The third-order valence-corrected chi connectivity index (χ3v) is 3.67. The Balaban J connectivity index is 2.63. The van der Waals surface area contributed by atoms with Gasteiger partial charge in [0.1, 0.15) is 11.9 Å². The number of aromatic nitrogens is 2. The van der Waals surface area contributed by atoms with Crippen molar-refractivity contribution < 1.29 is 14.6 Å². The molecule has 114 valence electrons. The van der Waals surface area contributed by atoms with E-state index in [1.807, 2.05) is 32.9 Å². The van der Waals surface area contributed by atoms with Crippen LogP contribution in [-0.4, -0.2) is 29.1 Å². The monoisotopic (exact) mass is 290 g/mol. The summed E-state index contributed by atoms with van der Waals surface area (Å²) in [6, 6.07) is 3.95. The van der Waals surface area contributed by atoms with Gasteiger partial charge in [0.05, 0.1) is 25.5 Å². The number of aliphatic hydroxyl groups excluding tert-OH is 1. The first-order valence-corrected chi connectivity index (χ1v) is 6.81. The second-order valence-corrected chi connectivity index (χ2v) is 5.23. The second-order valence-electron chi connectivity index (χ2n) is 5.23. The molecule has 0 aliphatic rings. The van der Waals surface area contributed by atoms with Crippen LogP contribution in [0.15, 0.2) is 12.1 Å². The van der Waals surface area contributed by atoms with Gasteiger partial charge in [-0.05, 0) is 38.0 Å². The highest BCUT2D eigenvalue weighted by atomic mass is 16.5. The molecule has 2 aromatic rings. The van der Waals surface area contributed by atoms with Crippen molar-refractivity contribution in [2.75, 3.05) is 14.2 Å². The van der Waals surface area contributed by atoms with E-state index in [0.717, 1.165) is 22.4 Å². The lowest BCUT2D eigenvalue weighted by Crippen LogP contribution is -2.08. The molecule has 0 radical (unpaired) electrons. The number of hydrogen-bond donors (Lipinski definition) is 1. The Hall–Kier alpha value is -2.01. The zero-order valence-corrected chi connectivity index (χ0v) is 13.4. The highest BCUT2D eigenvalue weighted by Crippen LogP contribution is 2.38. The molecule has 1 unspecified atom stereocenters. The summed E-state index contributed by atoms with van der Waals surface area (Å²) < 4.78 is 12.4. The lowest BCUT2D eigenvalue weighted by molar-refractivity contribution is 0.207. The molecule has 0 spiro atoms. The maximum Gasteiger partial charge on any atom is 0.217 e. The summed E-state index contributed by atoms with van der Waals surface area (Å²) >= 11 is 0. The van der Waals surface area contributed by atoms with E-state index >= 15 is 0 Å². The molecular formula is C16H22N2O3. The van der Waals surface area contributed by atoms with E-state index in [2.05, 4.69) is 5.10 Å². The number of nitrogens with zero attached hydrogens (tertiary/aromatic N) is 2. The molecule has 5 heteroatoms. The van der Waals surface area contributed by atoms with E-state index in [-0.39, 0.29) is 0 Å². The predicted octanol–water partition coefficient (Wildman–Crippen LogP) is 2.44. The summed E-state index contributed by atoms with van der Waals surface area (Å²) in [6.45, 7) is 5.82. The average molecular weight is 290 g/mol. The van der Waals surface area contributed by atoms with Crippen LogP contribution in [0.3, 0.4) is 0 Å². The van der Waals surface area contributed by atoms with Crippen molar-refractivity contribution in [1.29, 1.82) is 0 Å². The minimum absolute atomic E-state index is 0.557. The first-order chi connectivity index (χ1) is 9.90. The average Bonchev–Trinajstić information content (AvgIpc) is 2.70. The topological polar surface area (TPSA) is 56.5 Å². The second kappa shape index (κ2) is 5.77. The molecule has 1 aromatic carbocycles. The Bertz CT molecular complexity index is 662. The van der Waals surface area contributed by atoms with Gasteiger partial charge in [0.25, 0.3) is 0 Å². The van der Waals surface area contributed by atoms with Crippen molar-refractivity contribution in [1.82, 2.24) is 9.78 Å². The molecule has 21 heavy (non-hydrogen) atoms. The fourth-order valence-corrected chi connectivity index (χ4v) is 2.81. The van der Waals surface area contributed by atoms with Gasteiger partial charge < -0.3 is 14.6 Å². The highest BCUT2D eigenvalue weighted by Gasteiger charge is 2.26.